The molecule has 0 atom stereocenters. The van der Waals surface area contributed by atoms with E-state index in [-0.39, 0.29) is 19.0 Å². The van der Waals surface area contributed by atoms with Crippen LogP contribution in [0.1, 0.15) is 12.0 Å². The summed E-state index contributed by atoms with van der Waals surface area (Å²) in [7, 11) is 1.57. The first kappa shape index (κ1) is 16.2. The number of carboxylic acids is 1. The molecule has 1 rings (SSSR count). The Kier molecular flexibility index (Phi) is 6.79. The molecule has 0 aliphatic heterocycles. The van der Waals surface area contributed by atoms with E-state index in [2.05, 4.69) is 21.2 Å². The summed E-state index contributed by atoms with van der Waals surface area (Å²) < 4.78 is 1.02. The predicted molar refractivity (Wildman–Crippen MR) is 81.5 cm³/mol. The average molecular weight is 341 g/mol. The Morgan fingerprint density at radius 3 is 2.60 bits per heavy atom. The van der Waals surface area contributed by atoms with Crippen LogP contribution in [-0.4, -0.2) is 42.1 Å². The second kappa shape index (κ2) is 8.37. The molecule has 0 fully saturated rings. The molecule has 20 heavy (non-hydrogen) atoms. The van der Waals surface area contributed by atoms with E-state index in [9.17, 15) is 9.59 Å². The number of urea groups is 1. The highest BCUT2D eigenvalue weighted by molar-refractivity contribution is 9.10. The fourth-order valence-electron chi connectivity index (χ4n) is 1.41. The van der Waals surface area contributed by atoms with Gasteiger partial charge in [0, 0.05) is 24.6 Å². The lowest BCUT2D eigenvalue weighted by molar-refractivity contribution is -0.137. The van der Waals surface area contributed by atoms with Crippen LogP contribution in [0.15, 0.2) is 34.8 Å². The van der Waals surface area contributed by atoms with Crippen molar-refractivity contribution in [2.45, 2.75) is 6.42 Å². The second-order valence-electron chi connectivity index (χ2n) is 4.21. The molecule has 6 heteroatoms. The SMILES string of the molecule is CN(CCC(=O)O)C(=O)NC/C=C/c1ccc(Br)cc1. The molecule has 1 aromatic carbocycles. The highest BCUT2D eigenvalue weighted by Crippen LogP contribution is 2.11. The maximum atomic E-state index is 11.6. The van der Waals surface area contributed by atoms with Crippen molar-refractivity contribution in [3.63, 3.8) is 0 Å². The maximum absolute atomic E-state index is 11.6. The highest BCUT2D eigenvalue weighted by Gasteiger charge is 2.08. The number of halogens is 1. The van der Waals surface area contributed by atoms with Gasteiger partial charge in [-0.15, -0.1) is 0 Å². The maximum Gasteiger partial charge on any atom is 0.317 e. The lowest BCUT2D eigenvalue weighted by Crippen LogP contribution is -2.38. The minimum Gasteiger partial charge on any atom is -0.481 e. The summed E-state index contributed by atoms with van der Waals surface area (Å²) in [6, 6.07) is 7.52. The second-order valence-corrected chi connectivity index (χ2v) is 5.12. The molecule has 0 bridgehead atoms. The molecule has 108 valence electrons. The van der Waals surface area contributed by atoms with Gasteiger partial charge in [-0.25, -0.2) is 4.79 Å². The summed E-state index contributed by atoms with van der Waals surface area (Å²) in [5.41, 5.74) is 1.04. The van der Waals surface area contributed by atoms with Gasteiger partial charge in [0.2, 0.25) is 0 Å². The van der Waals surface area contributed by atoms with Crippen LogP contribution in [0.4, 0.5) is 4.79 Å². The van der Waals surface area contributed by atoms with E-state index in [1.807, 2.05) is 36.4 Å². The number of aliphatic carboxylic acids is 1. The number of carbonyl (C=O) groups is 2. The van der Waals surface area contributed by atoms with Crippen LogP contribution in [0.5, 0.6) is 0 Å². The topological polar surface area (TPSA) is 69.6 Å². The lowest BCUT2D eigenvalue weighted by atomic mass is 10.2. The van der Waals surface area contributed by atoms with Crippen LogP contribution < -0.4 is 5.32 Å². The zero-order chi connectivity index (χ0) is 15.0. The van der Waals surface area contributed by atoms with Crippen LogP contribution in [0.25, 0.3) is 6.08 Å². The van der Waals surface area contributed by atoms with Gasteiger partial charge in [-0.2, -0.15) is 0 Å². The van der Waals surface area contributed by atoms with Gasteiger partial charge in [-0.05, 0) is 17.7 Å². The first-order valence-corrected chi connectivity index (χ1v) is 6.91. The molecule has 0 saturated heterocycles. The number of rotatable bonds is 6. The first-order chi connectivity index (χ1) is 9.49. The zero-order valence-corrected chi connectivity index (χ0v) is 12.8. The third-order valence-corrected chi connectivity index (χ3v) is 3.09. The summed E-state index contributed by atoms with van der Waals surface area (Å²) in [5.74, 6) is -0.917. The molecule has 5 nitrogen and oxygen atoms in total. The molecule has 0 aromatic heterocycles. The van der Waals surface area contributed by atoms with Crippen LogP contribution in [-0.2, 0) is 4.79 Å². The smallest absolute Gasteiger partial charge is 0.317 e. The fraction of sp³-hybridized carbons (Fsp3) is 0.286. The van der Waals surface area contributed by atoms with Gasteiger partial charge < -0.3 is 15.3 Å². The van der Waals surface area contributed by atoms with Gasteiger partial charge in [0.1, 0.15) is 0 Å². The van der Waals surface area contributed by atoms with E-state index in [0.29, 0.717) is 6.54 Å². The van der Waals surface area contributed by atoms with Crippen molar-refractivity contribution in [1.29, 1.82) is 0 Å². The van der Waals surface area contributed by atoms with Gasteiger partial charge in [0.25, 0.3) is 0 Å². The molecule has 1 aromatic rings. The third-order valence-electron chi connectivity index (χ3n) is 2.56. The molecule has 2 amide bonds. The lowest BCUT2D eigenvalue weighted by Gasteiger charge is -2.15. The van der Waals surface area contributed by atoms with E-state index >= 15 is 0 Å². The van der Waals surface area contributed by atoms with Crippen LogP contribution in [0.3, 0.4) is 0 Å². The van der Waals surface area contributed by atoms with Crippen molar-refractivity contribution in [3.05, 3.63) is 40.4 Å². The van der Waals surface area contributed by atoms with Gasteiger partial charge in [0.05, 0.1) is 6.42 Å². The van der Waals surface area contributed by atoms with Crippen molar-refractivity contribution in [3.8, 4) is 0 Å². The Morgan fingerprint density at radius 2 is 2.00 bits per heavy atom. The van der Waals surface area contributed by atoms with E-state index < -0.39 is 5.97 Å². The summed E-state index contributed by atoms with van der Waals surface area (Å²) in [6.45, 7) is 0.587. The molecular weight excluding hydrogens is 324 g/mol. The van der Waals surface area contributed by atoms with Crippen LogP contribution >= 0.6 is 15.9 Å². The average Bonchev–Trinajstić information content (AvgIpc) is 2.42. The molecule has 0 spiro atoms. The quantitative estimate of drug-likeness (QED) is 0.836. The Labute approximate surface area is 126 Å². The standard InChI is InChI=1S/C14H17BrN2O3/c1-17(10-8-13(18)19)14(20)16-9-2-3-11-4-6-12(15)7-5-11/h2-7H,8-10H2,1H3,(H,16,20)(H,18,19)/b3-2+. The first-order valence-electron chi connectivity index (χ1n) is 6.12. The molecule has 0 aliphatic rings. The molecule has 0 saturated carbocycles. The minimum absolute atomic E-state index is 0.0569. The van der Waals surface area contributed by atoms with Gasteiger partial charge in [-0.3, -0.25) is 4.79 Å². The number of carboxylic acid groups (broad SMARTS) is 1. The van der Waals surface area contributed by atoms with Crippen molar-refractivity contribution < 1.29 is 14.7 Å². The number of hydrogen-bond donors (Lipinski definition) is 2. The van der Waals surface area contributed by atoms with Gasteiger partial charge >= 0.3 is 12.0 Å². The van der Waals surface area contributed by atoms with Crippen molar-refractivity contribution in [1.82, 2.24) is 10.2 Å². The number of nitrogens with zero attached hydrogens (tertiary/aromatic N) is 1. The van der Waals surface area contributed by atoms with E-state index in [1.165, 1.54) is 4.90 Å². The molecular formula is C14H17BrN2O3. The molecule has 0 radical (unpaired) electrons. The zero-order valence-electron chi connectivity index (χ0n) is 11.2. The Morgan fingerprint density at radius 1 is 1.35 bits per heavy atom. The van der Waals surface area contributed by atoms with E-state index in [1.54, 1.807) is 7.05 Å². The van der Waals surface area contributed by atoms with Crippen LogP contribution in [0, 0.1) is 0 Å². The number of nitrogens with one attached hydrogen (secondary N) is 1. The summed E-state index contributed by atoms with van der Waals surface area (Å²) in [6.07, 6.45) is 3.69. The summed E-state index contributed by atoms with van der Waals surface area (Å²) in [5, 5.41) is 11.2. The molecule has 2 N–H and O–H groups in total. The minimum atomic E-state index is -0.917. The van der Waals surface area contributed by atoms with E-state index in [0.717, 1.165) is 10.0 Å². The monoisotopic (exact) mass is 340 g/mol. The molecule has 0 aliphatic carbocycles. The Balaban J connectivity index is 2.30. The predicted octanol–water partition coefficient (Wildman–Crippen LogP) is 2.58. The van der Waals surface area contributed by atoms with Crippen molar-refractivity contribution >= 4 is 34.0 Å². The van der Waals surface area contributed by atoms with Gasteiger partial charge in [-0.1, -0.05) is 40.2 Å². The summed E-state index contributed by atoms with van der Waals surface area (Å²) >= 11 is 3.36. The number of amides is 2. The van der Waals surface area contributed by atoms with Crippen molar-refractivity contribution in [2.75, 3.05) is 20.1 Å². The molecule has 0 heterocycles. The van der Waals surface area contributed by atoms with Crippen molar-refractivity contribution in [2.24, 2.45) is 0 Å². The number of hydrogen-bond acceptors (Lipinski definition) is 2. The Bertz CT molecular complexity index is 486. The number of benzene rings is 1. The molecule has 0 unspecified atom stereocenters. The highest BCUT2D eigenvalue weighted by atomic mass is 79.9. The fourth-order valence-corrected chi connectivity index (χ4v) is 1.68. The van der Waals surface area contributed by atoms with E-state index in [4.69, 9.17) is 5.11 Å². The normalized spacial score (nSPS) is 10.5. The van der Waals surface area contributed by atoms with Gasteiger partial charge in [0.15, 0.2) is 0 Å². The largest absolute Gasteiger partial charge is 0.481 e. The Hall–Kier alpha value is -1.82. The van der Waals surface area contributed by atoms with Crippen LogP contribution in [0.2, 0.25) is 0 Å². The third kappa shape index (κ3) is 6.38. The summed E-state index contributed by atoms with van der Waals surface area (Å²) in [4.78, 5) is 23.3. The number of carbonyl (C=O) groups excluding carboxylic acids is 1.